The first kappa shape index (κ1) is 8.96. The summed E-state index contributed by atoms with van der Waals surface area (Å²) in [4.78, 5) is 0. The summed E-state index contributed by atoms with van der Waals surface area (Å²) in [6.45, 7) is 2.75. The maximum Gasteiger partial charge on any atom is 0.211 e. The third-order valence-electron chi connectivity index (χ3n) is 2.22. The Morgan fingerprint density at radius 1 is 1.55 bits per heavy atom. The molecule has 0 aromatic heterocycles. The fraction of sp³-hybridized carbons (Fsp3) is 1.00. The predicted molar refractivity (Wildman–Crippen MR) is 43.9 cm³/mol. The van der Waals surface area contributed by atoms with Crippen LogP contribution < -0.4 is 5.32 Å². The zero-order valence-electron chi connectivity index (χ0n) is 7.03. The molecule has 0 amide bonds. The van der Waals surface area contributed by atoms with Gasteiger partial charge in [-0.05, 0) is 6.92 Å². The van der Waals surface area contributed by atoms with E-state index in [9.17, 15) is 8.42 Å². The number of nitrogens with one attached hydrogen (secondary N) is 1. The number of rotatable bonds is 2. The van der Waals surface area contributed by atoms with Crippen LogP contribution in [0.4, 0.5) is 0 Å². The van der Waals surface area contributed by atoms with Gasteiger partial charge in [0.2, 0.25) is 10.0 Å². The monoisotopic (exact) mass is 178 g/mol. The summed E-state index contributed by atoms with van der Waals surface area (Å²) in [5.74, 6) is 0. The molecule has 1 rings (SSSR count). The van der Waals surface area contributed by atoms with E-state index in [1.54, 1.807) is 7.05 Å². The molecule has 1 saturated heterocycles. The van der Waals surface area contributed by atoms with Crippen molar-refractivity contribution in [3.63, 3.8) is 0 Å². The van der Waals surface area contributed by atoms with Gasteiger partial charge in [-0.3, -0.25) is 0 Å². The van der Waals surface area contributed by atoms with Crippen LogP contribution in [0.25, 0.3) is 0 Å². The smallest absolute Gasteiger partial charge is 0.211 e. The van der Waals surface area contributed by atoms with E-state index < -0.39 is 10.0 Å². The highest BCUT2D eigenvalue weighted by molar-refractivity contribution is 7.88. The van der Waals surface area contributed by atoms with Crippen LogP contribution in [0.15, 0.2) is 0 Å². The molecule has 0 spiro atoms. The zero-order chi connectivity index (χ0) is 8.65. The van der Waals surface area contributed by atoms with Crippen molar-refractivity contribution >= 4 is 10.0 Å². The maximum atomic E-state index is 11.0. The third-order valence-corrected chi connectivity index (χ3v) is 3.53. The molecule has 0 aromatic carbocycles. The van der Waals surface area contributed by atoms with Crippen molar-refractivity contribution in [1.29, 1.82) is 0 Å². The standard InChI is InChI=1S/C6H14N2O2S/c1-5-6(4-7-5)8(2)11(3,9)10/h5-7H,4H2,1-3H3/t5-,6+/m1/s1. The van der Waals surface area contributed by atoms with Crippen LogP contribution in [0, 0.1) is 0 Å². The van der Waals surface area contributed by atoms with Crippen molar-refractivity contribution in [3.05, 3.63) is 0 Å². The molecule has 0 aliphatic carbocycles. The lowest BCUT2D eigenvalue weighted by Gasteiger charge is -2.40. The molecule has 1 aliphatic rings. The van der Waals surface area contributed by atoms with Crippen molar-refractivity contribution in [1.82, 2.24) is 9.62 Å². The van der Waals surface area contributed by atoms with E-state index in [1.807, 2.05) is 6.92 Å². The van der Waals surface area contributed by atoms with Gasteiger partial charge in [0.05, 0.1) is 12.3 Å². The lowest BCUT2D eigenvalue weighted by Crippen LogP contribution is -2.63. The second-order valence-corrected chi connectivity index (χ2v) is 5.09. The molecule has 0 radical (unpaired) electrons. The molecule has 1 fully saturated rings. The van der Waals surface area contributed by atoms with Crippen LogP contribution in [0.2, 0.25) is 0 Å². The zero-order valence-corrected chi connectivity index (χ0v) is 7.85. The summed E-state index contributed by atoms with van der Waals surface area (Å²) in [5, 5.41) is 3.11. The van der Waals surface area contributed by atoms with Gasteiger partial charge in [0.15, 0.2) is 0 Å². The minimum absolute atomic E-state index is 0.144. The maximum absolute atomic E-state index is 11.0. The molecule has 11 heavy (non-hydrogen) atoms. The van der Waals surface area contributed by atoms with E-state index in [2.05, 4.69) is 5.32 Å². The Morgan fingerprint density at radius 2 is 2.09 bits per heavy atom. The lowest BCUT2D eigenvalue weighted by molar-refractivity contribution is 0.207. The van der Waals surface area contributed by atoms with Crippen LogP contribution in [-0.4, -0.2) is 44.7 Å². The van der Waals surface area contributed by atoms with Gasteiger partial charge in [-0.25, -0.2) is 8.42 Å². The Labute approximate surface area is 67.6 Å². The number of hydrogen-bond donors (Lipinski definition) is 1. The molecule has 0 bridgehead atoms. The summed E-state index contributed by atoms with van der Waals surface area (Å²) in [7, 11) is -1.38. The normalized spacial score (nSPS) is 32.0. The molecule has 0 saturated carbocycles. The molecular weight excluding hydrogens is 164 g/mol. The Balaban J connectivity index is 2.62. The average Bonchev–Trinajstić information content (AvgIpc) is 1.83. The van der Waals surface area contributed by atoms with E-state index in [1.165, 1.54) is 10.6 Å². The molecule has 0 unspecified atom stereocenters. The first-order chi connectivity index (χ1) is 4.93. The minimum atomic E-state index is -3.00. The van der Waals surface area contributed by atoms with Crippen molar-refractivity contribution in [3.8, 4) is 0 Å². The van der Waals surface area contributed by atoms with Gasteiger partial charge >= 0.3 is 0 Å². The molecule has 1 heterocycles. The van der Waals surface area contributed by atoms with Gasteiger partial charge in [-0.15, -0.1) is 0 Å². The topological polar surface area (TPSA) is 49.4 Å². The Bertz CT molecular complexity index is 237. The average molecular weight is 178 g/mol. The van der Waals surface area contributed by atoms with Crippen molar-refractivity contribution < 1.29 is 8.42 Å². The SMILES string of the molecule is C[C@H]1NC[C@@H]1N(C)S(C)(=O)=O. The second-order valence-electron chi connectivity index (χ2n) is 3.04. The fourth-order valence-electron chi connectivity index (χ4n) is 1.15. The lowest BCUT2D eigenvalue weighted by atomic mass is 10.0. The van der Waals surface area contributed by atoms with E-state index >= 15 is 0 Å². The van der Waals surface area contributed by atoms with Gasteiger partial charge < -0.3 is 5.32 Å². The van der Waals surface area contributed by atoms with Crippen molar-refractivity contribution in [2.24, 2.45) is 0 Å². The minimum Gasteiger partial charge on any atom is -0.311 e. The molecule has 1 aliphatic heterocycles. The highest BCUT2D eigenvalue weighted by Gasteiger charge is 2.33. The van der Waals surface area contributed by atoms with Gasteiger partial charge in [0.1, 0.15) is 0 Å². The van der Waals surface area contributed by atoms with Gasteiger partial charge in [-0.2, -0.15) is 4.31 Å². The summed E-state index contributed by atoms with van der Waals surface area (Å²) in [5.41, 5.74) is 0. The largest absolute Gasteiger partial charge is 0.311 e. The quantitative estimate of drug-likeness (QED) is 0.604. The van der Waals surface area contributed by atoms with Gasteiger partial charge in [0, 0.05) is 19.6 Å². The molecule has 66 valence electrons. The van der Waals surface area contributed by atoms with Gasteiger partial charge in [0.25, 0.3) is 0 Å². The van der Waals surface area contributed by atoms with Crippen LogP contribution in [0.3, 0.4) is 0 Å². The van der Waals surface area contributed by atoms with Crippen molar-refractivity contribution in [2.75, 3.05) is 19.8 Å². The summed E-state index contributed by atoms with van der Waals surface area (Å²) >= 11 is 0. The number of nitrogens with zero attached hydrogens (tertiary/aromatic N) is 1. The first-order valence-corrected chi connectivity index (χ1v) is 5.44. The predicted octanol–water partition coefficient (Wildman–Crippen LogP) is -0.762. The van der Waals surface area contributed by atoms with E-state index in [0.29, 0.717) is 0 Å². The summed E-state index contributed by atoms with van der Waals surface area (Å²) in [6.07, 6.45) is 1.23. The van der Waals surface area contributed by atoms with Crippen molar-refractivity contribution in [2.45, 2.75) is 19.0 Å². The van der Waals surface area contributed by atoms with Crippen LogP contribution >= 0.6 is 0 Å². The highest BCUT2D eigenvalue weighted by atomic mass is 32.2. The van der Waals surface area contributed by atoms with E-state index in [4.69, 9.17) is 0 Å². The first-order valence-electron chi connectivity index (χ1n) is 3.59. The number of sulfonamides is 1. The highest BCUT2D eigenvalue weighted by Crippen LogP contribution is 2.12. The molecule has 2 atom stereocenters. The molecule has 0 aromatic rings. The van der Waals surface area contributed by atoms with E-state index in [-0.39, 0.29) is 12.1 Å². The Hall–Kier alpha value is -0.130. The van der Waals surface area contributed by atoms with E-state index in [0.717, 1.165) is 6.54 Å². The third kappa shape index (κ3) is 1.72. The Morgan fingerprint density at radius 3 is 2.18 bits per heavy atom. The van der Waals surface area contributed by atoms with Gasteiger partial charge in [-0.1, -0.05) is 0 Å². The Kier molecular flexibility index (Phi) is 2.22. The summed E-state index contributed by atoms with van der Waals surface area (Å²) < 4.78 is 23.4. The van der Waals surface area contributed by atoms with Crippen LogP contribution in [0.1, 0.15) is 6.92 Å². The summed E-state index contributed by atoms with van der Waals surface area (Å²) in [6, 6.07) is 0.430. The number of likely N-dealkylation sites (N-methyl/N-ethyl adjacent to an activating group) is 1. The molecular formula is C6H14N2O2S. The van der Waals surface area contributed by atoms with Crippen LogP contribution in [-0.2, 0) is 10.0 Å². The van der Waals surface area contributed by atoms with Crippen LogP contribution in [0.5, 0.6) is 0 Å². The number of hydrogen-bond acceptors (Lipinski definition) is 3. The molecule has 5 heteroatoms. The second kappa shape index (κ2) is 2.73. The fourth-order valence-corrected chi connectivity index (χ4v) is 1.90. The molecule has 4 nitrogen and oxygen atoms in total. The molecule has 1 N–H and O–H groups in total.